The number of carboxylic acids is 2. The van der Waals surface area contributed by atoms with Crippen LogP contribution in [0, 0.1) is 12.8 Å². The molecule has 19 heavy (non-hydrogen) atoms. The van der Waals surface area contributed by atoms with Crippen LogP contribution in [0.3, 0.4) is 0 Å². The summed E-state index contributed by atoms with van der Waals surface area (Å²) in [5.74, 6) is -1.39. The third kappa shape index (κ3) is 4.21. The summed E-state index contributed by atoms with van der Waals surface area (Å²) in [5, 5.41) is 17.4. The lowest BCUT2D eigenvalue weighted by molar-refractivity contribution is -0.118. The third-order valence-corrected chi connectivity index (χ3v) is 2.95. The molecular formula is C14H16O5. The minimum absolute atomic E-state index is 0.0277. The summed E-state index contributed by atoms with van der Waals surface area (Å²) in [6, 6.07) is 4.17. The van der Waals surface area contributed by atoms with Gasteiger partial charge in [-0.25, -0.2) is 9.59 Å². The van der Waals surface area contributed by atoms with Gasteiger partial charge < -0.3 is 10.2 Å². The first-order valence-electron chi connectivity index (χ1n) is 5.91. The predicted molar refractivity (Wildman–Crippen MR) is 68.5 cm³/mol. The molecule has 0 heterocycles. The van der Waals surface area contributed by atoms with E-state index >= 15 is 0 Å². The zero-order chi connectivity index (χ0) is 14.6. The van der Waals surface area contributed by atoms with Crippen molar-refractivity contribution in [3.63, 3.8) is 0 Å². The van der Waals surface area contributed by atoms with E-state index in [1.807, 2.05) is 0 Å². The Morgan fingerprint density at radius 3 is 1.68 bits per heavy atom. The van der Waals surface area contributed by atoms with Crippen molar-refractivity contribution in [2.45, 2.75) is 26.7 Å². The molecule has 0 radical (unpaired) electrons. The number of aromatic carboxylic acids is 2. The van der Waals surface area contributed by atoms with Crippen LogP contribution in [0.2, 0.25) is 0 Å². The Morgan fingerprint density at radius 2 is 1.47 bits per heavy atom. The maximum atomic E-state index is 10.6. The van der Waals surface area contributed by atoms with Crippen LogP contribution in [0.1, 0.15) is 46.0 Å². The van der Waals surface area contributed by atoms with Crippen LogP contribution >= 0.6 is 0 Å². The lowest BCUT2D eigenvalue weighted by Gasteiger charge is -2.03. The highest BCUT2D eigenvalue weighted by atomic mass is 16.4. The van der Waals surface area contributed by atoms with E-state index in [1.165, 1.54) is 25.1 Å². The van der Waals surface area contributed by atoms with Crippen molar-refractivity contribution < 1.29 is 24.6 Å². The molecule has 5 heteroatoms. The monoisotopic (exact) mass is 264 g/mol. The summed E-state index contributed by atoms with van der Waals surface area (Å²) in [5.41, 5.74) is 0.335. The molecule has 0 aliphatic heterocycles. The Hall–Kier alpha value is -2.17. The van der Waals surface area contributed by atoms with Gasteiger partial charge in [-0.05, 0) is 44.4 Å². The minimum atomic E-state index is -1.11. The zero-order valence-corrected chi connectivity index (χ0v) is 10.8. The van der Waals surface area contributed by atoms with Gasteiger partial charge in [-0.1, -0.05) is 6.07 Å². The van der Waals surface area contributed by atoms with Crippen molar-refractivity contribution in [2.24, 2.45) is 5.92 Å². The Balaban J connectivity index is 0.000000250. The highest BCUT2D eigenvalue weighted by Gasteiger charge is 2.25. The van der Waals surface area contributed by atoms with Gasteiger partial charge in [-0.15, -0.1) is 0 Å². The smallest absolute Gasteiger partial charge is 0.335 e. The summed E-state index contributed by atoms with van der Waals surface area (Å²) < 4.78 is 0. The summed E-state index contributed by atoms with van der Waals surface area (Å²) in [7, 11) is 0. The first-order valence-corrected chi connectivity index (χ1v) is 5.91. The highest BCUT2D eigenvalue weighted by Crippen LogP contribution is 2.29. The van der Waals surface area contributed by atoms with Gasteiger partial charge in [0.1, 0.15) is 5.78 Å². The van der Waals surface area contributed by atoms with Crippen molar-refractivity contribution in [3.05, 3.63) is 34.9 Å². The van der Waals surface area contributed by atoms with Gasteiger partial charge in [-0.3, -0.25) is 4.79 Å². The van der Waals surface area contributed by atoms with E-state index in [1.54, 1.807) is 6.92 Å². The molecule has 1 aromatic carbocycles. The second-order valence-corrected chi connectivity index (χ2v) is 4.47. The number of carboxylic acid groups (broad SMARTS) is 2. The second-order valence-electron chi connectivity index (χ2n) is 4.47. The molecule has 0 spiro atoms. The molecule has 102 valence electrons. The van der Waals surface area contributed by atoms with E-state index in [4.69, 9.17) is 10.2 Å². The van der Waals surface area contributed by atoms with Crippen LogP contribution in [0.25, 0.3) is 0 Å². The van der Waals surface area contributed by atoms with Crippen LogP contribution in [0.4, 0.5) is 0 Å². The molecule has 0 amide bonds. The SMILES string of the molecule is CC(=O)C1CC1.Cc1c(C(=O)O)cccc1C(=O)O. The van der Waals surface area contributed by atoms with Gasteiger partial charge in [-0.2, -0.15) is 0 Å². The van der Waals surface area contributed by atoms with Crippen LogP contribution in [0.15, 0.2) is 18.2 Å². The number of hydrogen-bond acceptors (Lipinski definition) is 3. The summed E-state index contributed by atoms with van der Waals surface area (Å²) in [4.78, 5) is 31.4. The number of rotatable bonds is 3. The quantitative estimate of drug-likeness (QED) is 0.874. The maximum absolute atomic E-state index is 10.6. The summed E-state index contributed by atoms with van der Waals surface area (Å²) >= 11 is 0. The van der Waals surface area contributed by atoms with Crippen LogP contribution < -0.4 is 0 Å². The van der Waals surface area contributed by atoms with Gasteiger partial charge >= 0.3 is 11.9 Å². The van der Waals surface area contributed by atoms with Gasteiger partial charge in [0.25, 0.3) is 0 Å². The largest absolute Gasteiger partial charge is 0.478 e. The Morgan fingerprint density at radius 1 is 1.05 bits per heavy atom. The number of hydrogen-bond donors (Lipinski definition) is 2. The van der Waals surface area contributed by atoms with E-state index < -0.39 is 11.9 Å². The zero-order valence-electron chi connectivity index (χ0n) is 10.8. The van der Waals surface area contributed by atoms with E-state index in [0.717, 1.165) is 12.8 Å². The number of Topliss-reactive ketones (excluding diaryl/α,β-unsaturated/α-hetero) is 1. The fourth-order valence-corrected chi connectivity index (χ4v) is 1.59. The molecule has 1 fully saturated rings. The Labute approximate surface area is 110 Å². The third-order valence-electron chi connectivity index (χ3n) is 2.95. The molecule has 1 aliphatic rings. The molecule has 0 atom stereocenters. The van der Waals surface area contributed by atoms with Gasteiger partial charge in [0, 0.05) is 5.92 Å². The van der Waals surface area contributed by atoms with E-state index in [9.17, 15) is 14.4 Å². The number of ketones is 1. The Bertz CT molecular complexity index is 482. The van der Waals surface area contributed by atoms with Crippen LogP contribution in [0.5, 0.6) is 0 Å². The number of benzene rings is 1. The van der Waals surface area contributed by atoms with Crippen molar-refractivity contribution >= 4 is 17.7 Å². The van der Waals surface area contributed by atoms with Gasteiger partial charge in [0.2, 0.25) is 0 Å². The summed E-state index contributed by atoms with van der Waals surface area (Å²) in [6.45, 7) is 3.14. The van der Waals surface area contributed by atoms with E-state index in [-0.39, 0.29) is 16.7 Å². The Kier molecular flexibility index (Phi) is 4.80. The van der Waals surface area contributed by atoms with E-state index in [0.29, 0.717) is 11.7 Å². The normalized spacial score (nSPS) is 13.2. The maximum Gasteiger partial charge on any atom is 0.335 e. The average molecular weight is 264 g/mol. The van der Waals surface area contributed by atoms with E-state index in [2.05, 4.69) is 0 Å². The number of carbonyl (C=O) groups is 3. The van der Waals surface area contributed by atoms with Crippen LogP contribution in [-0.2, 0) is 4.79 Å². The molecular weight excluding hydrogens is 248 g/mol. The van der Waals surface area contributed by atoms with Crippen molar-refractivity contribution in [1.82, 2.24) is 0 Å². The van der Waals surface area contributed by atoms with Gasteiger partial charge in [0.05, 0.1) is 11.1 Å². The molecule has 2 rings (SSSR count). The van der Waals surface area contributed by atoms with Crippen molar-refractivity contribution in [2.75, 3.05) is 0 Å². The van der Waals surface area contributed by atoms with Crippen LogP contribution in [-0.4, -0.2) is 27.9 Å². The molecule has 1 aliphatic carbocycles. The summed E-state index contributed by atoms with van der Waals surface area (Å²) in [6.07, 6.45) is 2.30. The topological polar surface area (TPSA) is 91.7 Å². The molecule has 5 nitrogen and oxygen atoms in total. The molecule has 0 saturated heterocycles. The molecule has 2 N–H and O–H groups in total. The molecule has 0 unspecified atom stereocenters. The predicted octanol–water partition coefficient (Wildman–Crippen LogP) is 2.38. The molecule has 1 aromatic rings. The second kappa shape index (κ2) is 6.13. The van der Waals surface area contributed by atoms with Gasteiger partial charge in [0.15, 0.2) is 0 Å². The van der Waals surface area contributed by atoms with Crippen molar-refractivity contribution in [3.8, 4) is 0 Å². The molecule has 0 bridgehead atoms. The highest BCUT2D eigenvalue weighted by molar-refractivity contribution is 5.96. The van der Waals surface area contributed by atoms with Crippen molar-refractivity contribution in [1.29, 1.82) is 0 Å². The fourth-order valence-electron chi connectivity index (χ4n) is 1.59. The number of carbonyl (C=O) groups excluding carboxylic acids is 1. The molecule has 1 saturated carbocycles. The minimum Gasteiger partial charge on any atom is -0.478 e. The lowest BCUT2D eigenvalue weighted by Crippen LogP contribution is -2.06. The standard InChI is InChI=1S/C9H8O4.C5H8O/c1-5-6(8(10)11)3-2-4-7(5)9(12)13;1-4(6)5-2-3-5/h2-4H,1H3,(H,10,11)(H,12,13);5H,2-3H2,1H3. The first-order chi connectivity index (χ1) is 8.84. The average Bonchev–Trinajstić information content (AvgIpc) is 3.12. The first kappa shape index (κ1) is 14.9. The molecule has 0 aromatic heterocycles. The fraction of sp³-hybridized carbons (Fsp3) is 0.357. The lowest BCUT2D eigenvalue weighted by atomic mass is 10.0.